The third-order valence-corrected chi connectivity index (χ3v) is 7.72. The van der Waals surface area contributed by atoms with Crippen LogP contribution in [0.1, 0.15) is 24.0 Å². The van der Waals surface area contributed by atoms with Crippen LogP contribution in [-0.2, 0) is 20.7 Å². The van der Waals surface area contributed by atoms with Gasteiger partial charge in [-0.15, -0.1) is 0 Å². The highest BCUT2D eigenvalue weighted by Gasteiger charge is 2.39. The molecule has 0 spiro atoms. The molecule has 3 aromatic rings. The van der Waals surface area contributed by atoms with Gasteiger partial charge in [-0.2, -0.15) is 0 Å². The number of carbonyl (C=O) groups excluding carboxylic acids is 1. The number of carbonyl (C=O) groups is 1. The van der Waals surface area contributed by atoms with Crippen LogP contribution in [-0.4, -0.2) is 77.9 Å². The summed E-state index contributed by atoms with van der Waals surface area (Å²) in [6.45, 7) is 5.62. The van der Waals surface area contributed by atoms with E-state index in [1.807, 2.05) is 18.2 Å². The summed E-state index contributed by atoms with van der Waals surface area (Å²) in [5.74, 6) is 0.838. The molecule has 2 aromatic carbocycles. The first-order valence-corrected chi connectivity index (χ1v) is 13.7. The van der Waals surface area contributed by atoms with Crippen molar-refractivity contribution >= 4 is 28.2 Å². The van der Waals surface area contributed by atoms with Crippen LogP contribution in [0.2, 0.25) is 0 Å². The largest absolute Gasteiger partial charge is 0.491 e. The van der Waals surface area contributed by atoms with Crippen molar-refractivity contribution < 1.29 is 23.4 Å². The van der Waals surface area contributed by atoms with Gasteiger partial charge in [0.1, 0.15) is 30.3 Å². The topological polar surface area (TPSA) is 112 Å². The van der Waals surface area contributed by atoms with E-state index < -0.39 is 0 Å². The Labute approximate surface area is 232 Å². The number of nitrogens with two attached hydrogens (primary N) is 1. The van der Waals surface area contributed by atoms with Crippen LogP contribution in [0.25, 0.3) is 10.9 Å². The molecule has 1 saturated carbocycles. The third kappa shape index (κ3) is 6.15. The van der Waals surface area contributed by atoms with Gasteiger partial charge in [0.05, 0.1) is 36.5 Å². The summed E-state index contributed by atoms with van der Waals surface area (Å²) in [5.41, 5.74) is 8.59. The van der Waals surface area contributed by atoms with Crippen molar-refractivity contribution in [1.82, 2.24) is 14.9 Å². The molecular formula is C30H34FN5O4. The molecule has 1 aromatic heterocycles. The van der Waals surface area contributed by atoms with Gasteiger partial charge in [0.25, 0.3) is 0 Å². The molecule has 3 N–H and O–H groups in total. The summed E-state index contributed by atoms with van der Waals surface area (Å²) in [5, 5.41) is 4.00. The first kappa shape index (κ1) is 26.8. The average molecular weight is 548 g/mol. The first-order valence-electron chi connectivity index (χ1n) is 13.7. The van der Waals surface area contributed by atoms with E-state index in [4.69, 9.17) is 19.9 Å². The zero-order valence-corrected chi connectivity index (χ0v) is 22.6. The van der Waals surface area contributed by atoms with Gasteiger partial charge < -0.3 is 25.3 Å². The number of anilines is 2. The number of halogens is 1. The molecule has 0 amide bonds. The van der Waals surface area contributed by atoms with Gasteiger partial charge >= 0.3 is 0 Å². The van der Waals surface area contributed by atoms with E-state index in [2.05, 4.69) is 20.2 Å². The maximum Gasteiger partial charge on any atom is 0.159 e. The van der Waals surface area contributed by atoms with Gasteiger partial charge in [-0.3, -0.25) is 9.69 Å². The second-order valence-corrected chi connectivity index (χ2v) is 11.0. The van der Waals surface area contributed by atoms with E-state index >= 15 is 0 Å². The monoisotopic (exact) mass is 547 g/mol. The number of aromatic nitrogens is 2. The number of nitrogens with one attached hydrogen (secondary N) is 1. The molecule has 0 bridgehead atoms. The van der Waals surface area contributed by atoms with E-state index in [9.17, 15) is 9.18 Å². The van der Waals surface area contributed by atoms with Crippen LogP contribution in [0.5, 0.6) is 5.75 Å². The minimum atomic E-state index is -0.310. The van der Waals surface area contributed by atoms with Crippen LogP contribution < -0.4 is 15.8 Å². The summed E-state index contributed by atoms with van der Waals surface area (Å²) in [4.78, 5) is 24.2. The van der Waals surface area contributed by atoms with Crippen molar-refractivity contribution in [2.75, 3.05) is 44.8 Å². The number of fused-ring (bicyclic) bond motifs is 2. The lowest BCUT2D eigenvalue weighted by atomic mass is 10.0. The Morgan fingerprint density at radius 3 is 2.70 bits per heavy atom. The minimum absolute atomic E-state index is 0.0392. The molecule has 1 aliphatic carbocycles. The molecule has 210 valence electrons. The van der Waals surface area contributed by atoms with Crippen molar-refractivity contribution in [1.29, 1.82) is 0 Å². The van der Waals surface area contributed by atoms with E-state index in [1.165, 1.54) is 12.4 Å². The van der Waals surface area contributed by atoms with Crippen molar-refractivity contribution in [3.63, 3.8) is 0 Å². The number of ketones is 1. The first-order chi connectivity index (χ1) is 19.3. The molecule has 6 rings (SSSR count). The second-order valence-electron chi connectivity index (χ2n) is 11.0. The van der Waals surface area contributed by atoms with Crippen molar-refractivity contribution in [2.24, 2.45) is 5.73 Å². The SMILES string of the molecule is Cc1cc(Nc2ncnc3cc(OCC4(N)CC4)c(CC(=O)/C=C/CN4C[C@@H]5OCCO[C@H]5C4)cc23)ccc1F. The van der Waals surface area contributed by atoms with Crippen LogP contribution in [0.15, 0.2) is 48.8 Å². The summed E-state index contributed by atoms with van der Waals surface area (Å²) >= 11 is 0. The fourth-order valence-corrected chi connectivity index (χ4v) is 5.15. The second kappa shape index (κ2) is 11.2. The molecule has 2 aliphatic heterocycles. The predicted molar refractivity (Wildman–Crippen MR) is 149 cm³/mol. The minimum Gasteiger partial charge on any atom is -0.491 e. The van der Waals surface area contributed by atoms with Crippen molar-refractivity contribution in [2.45, 2.75) is 43.9 Å². The van der Waals surface area contributed by atoms with Crippen LogP contribution >= 0.6 is 0 Å². The van der Waals surface area contributed by atoms with Gasteiger partial charge in [0, 0.05) is 48.8 Å². The highest BCUT2D eigenvalue weighted by molar-refractivity contribution is 5.96. The molecule has 10 heteroatoms. The molecule has 0 radical (unpaired) electrons. The fourth-order valence-electron chi connectivity index (χ4n) is 5.15. The van der Waals surface area contributed by atoms with Crippen molar-refractivity contribution in [3.8, 4) is 5.75 Å². The summed E-state index contributed by atoms with van der Waals surface area (Å²) in [6.07, 6.45) is 7.19. The lowest BCUT2D eigenvalue weighted by Crippen LogP contribution is -2.36. The smallest absolute Gasteiger partial charge is 0.159 e. The number of benzene rings is 2. The highest BCUT2D eigenvalue weighted by Crippen LogP contribution is 2.35. The Bertz CT molecular complexity index is 1430. The van der Waals surface area contributed by atoms with E-state index in [0.29, 0.717) is 54.7 Å². The molecular weight excluding hydrogens is 513 g/mol. The fraction of sp³-hybridized carbons (Fsp3) is 0.433. The lowest BCUT2D eigenvalue weighted by Gasteiger charge is -2.24. The summed E-state index contributed by atoms with van der Waals surface area (Å²) in [7, 11) is 0. The maximum atomic E-state index is 13.8. The third-order valence-electron chi connectivity index (χ3n) is 7.72. The zero-order valence-electron chi connectivity index (χ0n) is 22.6. The molecule has 2 atom stereocenters. The van der Waals surface area contributed by atoms with Crippen LogP contribution in [0.3, 0.4) is 0 Å². The van der Waals surface area contributed by atoms with Gasteiger partial charge in [-0.05, 0) is 55.7 Å². The Morgan fingerprint density at radius 2 is 1.98 bits per heavy atom. The highest BCUT2D eigenvalue weighted by atomic mass is 19.1. The number of nitrogens with zero attached hydrogens (tertiary/aromatic N) is 3. The molecule has 3 aliphatic rings. The molecule has 0 unspecified atom stereocenters. The Morgan fingerprint density at radius 1 is 1.20 bits per heavy atom. The van der Waals surface area contributed by atoms with Crippen LogP contribution in [0, 0.1) is 12.7 Å². The van der Waals surface area contributed by atoms with E-state index in [1.54, 1.807) is 25.1 Å². The molecule has 3 fully saturated rings. The Hall–Kier alpha value is -3.44. The number of allylic oxidation sites excluding steroid dienone is 1. The predicted octanol–water partition coefficient (Wildman–Crippen LogP) is 3.46. The lowest BCUT2D eigenvalue weighted by molar-refractivity contribution is -0.116. The van der Waals surface area contributed by atoms with Crippen molar-refractivity contribution in [3.05, 3.63) is 65.8 Å². The Kier molecular flexibility index (Phi) is 7.50. The number of aryl methyl sites for hydroxylation is 1. The van der Waals surface area contributed by atoms with E-state index in [-0.39, 0.29) is 35.8 Å². The Balaban J connectivity index is 1.21. The molecule has 3 heterocycles. The number of hydrogen-bond acceptors (Lipinski definition) is 9. The standard InChI is InChI=1S/C30H34FN5O4/c1-19-11-21(4-5-24(19)31)35-29-23-13-20(26(14-25(23)33-18-34-29)40-17-30(32)6-7-30)12-22(37)3-2-8-36-15-27-28(16-36)39-10-9-38-27/h2-5,11,13-14,18,27-28H,6-10,12,15-17,32H2,1H3,(H,33,34,35)/b3-2+/t27-,28-/m0/s1. The van der Waals surface area contributed by atoms with Gasteiger partial charge in [0.2, 0.25) is 0 Å². The van der Waals surface area contributed by atoms with Gasteiger partial charge in [0.15, 0.2) is 5.78 Å². The zero-order chi connectivity index (χ0) is 27.7. The average Bonchev–Trinajstić information content (AvgIpc) is 3.53. The number of ether oxygens (including phenoxy) is 3. The quantitative estimate of drug-likeness (QED) is 0.369. The summed E-state index contributed by atoms with van der Waals surface area (Å²) in [6, 6.07) is 8.53. The van der Waals surface area contributed by atoms with Gasteiger partial charge in [-0.1, -0.05) is 6.08 Å². The maximum absolute atomic E-state index is 13.8. The number of rotatable bonds is 10. The van der Waals surface area contributed by atoms with E-state index in [0.717, 1.165) is 36.9 Å². The normalized spacial score (nSPS) is 22.0. The molecule has 9 nitrogen and oxygen atoms in total. The number of likely N-dealkylation sites (tertiary alicyclic amines) is 1. The molecule has 2 saturated heterocycles. The summed E-state index contributed by atoms with van der Waals surface area (Å²) < 4.78 is 31.5. The van der Waals surface area contributed by atoms with Gasteiger partial charge in [-0.25, -0.2) is 14.4 Å². The van der Waals surface area contributed by atoms with Crippen LogP contribution in [0.4, 0.5) is 15.9 Å². The molecule has 40 heavy (non-hydrogen) atoms. The number of hydrogen-bond donors (Lipinski definition) is 2.